The van der Waals surface area contributed by atoms with Gasteiger partial charge in [0.2, 0.25) is 0 Å². The molecule has 4 atom stereocenters. The van der Waals surface area contributed by atoms with Gasteiger partial charge in [-0.15, -0.1) is 0 Å². The summed E-state index contributed by atoms with van der Waals surface area (Å²) in [5.41, 5.74) is 6.17. The maximum atomic E-state index is 13.7. The number of nitrogens with two attached hydrogens (primary N) is 1. The minimum absolute atomic E-state index is 0.0168. The fourth-order valence-electron chi connectivity index (χ4n) is 4.77. The van der Waals surface area contributed by atoms with Crippen LogP contribution < -0.4 is 16.4 Å². The largest absolute Gasteiger partial charge is 0.413 e. The predicted molar refractivity (Wildman–Crippen MR) is 117 cm³/mol. The standard InChI is InChI=1S/C20H32F3N7S/c1-19(24)7-10-30(11-8-19)18-26-16-17(29(18)4)28(3)14(12-25-16)31-13-6-5-9-27(2)15(13)20(21,22)23/h5-6,9,12,15-18,25-26H,7-8,10-11,24H2,1-4H3. The van der Waals surface area contributed by atoms with Crippen molar-refractivity contribution in [1.82, 2.24) is 30.2 Å². The summed E-state index contributed by atoms with van der Waals surface area (Å²) in [6, 6.07) is -1.64. The Morgan fingerprint density at radius 3 is 2.52 bits per heavy atom. The van der Waals surface area contributed by atoms with Gasteiger partial charge in [0, 0.05) is 43.8 Å². The molecule has 11 heteroatoms. The number of fused-ring (bicyclic) bond motifs is 1. The smallest absolute Gasteiger partial charge is 0.371 e. The summed E-state index contributed by atoms with van der Waals surface area (Å²) in [4.78, 5) is 8.16. The number of hydrogen-bond acceptors (Lipinski definition) is 8. The summed E-state index contributed by atoms with van der Waals surface area (Å²) in [5.74, 6) is 0. The van der Waals surface area contributed by atoms with Crippen LogP contribution in [-0.4, -0.2) is 90.2 Å². The first kappa shape index (κ1) is 22.8. The number of likely N-dealkylation sites (tertiary alicyclic amines) is 1. The zero-order valence-electron chi connectivity index (χ0n) is 18.4. The SMILES string of the molecule is CN1C=CC=C(SC2=CNC3NC(N4CCC(C)(N)CC4)N(C)C3N2C)C1C(F)(F)F. The van der Waals surface area contributed by atoms with Crippen LogP contribution in [0.2, 0.25) is 0 Å². The molecule has 0 spiro atoms. The van der Waals surface area contributed by atoms with Crippen molar-refractivity contribution in [3.63, 3.8) is 0 Å². The molecule has 0 saturated carbocycles. The molecule has 31 heavy (non-hydrogen) atoms. The zero-order chi connectivity index (χ0) is 22.6. The predicted octanol–water partition coefficient (Wildman–Crippen LogP) is 1.61. The Kier molecular flexibility index (Phi) is 6.01. The Balaban J connectivity index is 1.46. The molecule has 4 aliphatic rings. The highest BCUT2D eigenvalue weighted by molar-refractivity contribution is 8.06. The molecule has 0 aromatic rings. The van der Waals surface area contributed by atoms with Gasteiger partial charge >= 0.3 is 6.18 Å². The minimum atomic E-state index is -4.34. The van der Waals surface area contributed by atoms with Crippen molar-refractivity contribution in [2.24, 2.45) is 5.73 Å². The Morgan fingerprint density at radius 1 is 1.19 bits per heavy atom. The van der Waals surface area contributed by atoms with Crippen molar-refractivity contribution in [3.05, 3.63) is 34.5 Å². The summed E-state index contributed by atoms with van der Waals surface area (Å²) in [6.45, 7) is 3.91. The third-order valence-electron chi connectivity index (χ3n) is 6.64. The summed E-state index contributed by atoms with van der Waals surface area (Å²) < 4.78 is 41.0. The lowest BCUT2D eigenvalue weighted by Crippen LogP contribution is -2.57. The summed E-state index contributed by atoms with van der Waals surface area (Å²) in [7, 11) is 5.45. The summed E-state index contributed by atoms with van der Waals surface area (Å²) in [5, 5.41) is 7.75. The van der Waals surface area contributed by atoms with Gasteiger partial charge in [0.25, 0.3) is 0 Å². The van der Waals surface area contributed by atoms with Crippen LogP contribution in [0.4, 0.5) is 13.2 Å². The van der Waals surface area contributed by atoms with Gasteiger partial charge in [-0.1, -0.05) is 11.8 Å². The van der Waals surface area contributed by atoms with Crippen LogP contribution in [0.25, 0.3) is 0 Å². The van der Waals surface area contributed by atoms with E-state index in [1.54, 1.807) is 12.2 Å². The molecule has 0 aromatic heterocycles. The lowest BCUT2D eigenvalue weighted by molar-refractivity contribution is -0.162. The molecule has 0 radical (unpaired) electrons. The van der Waals surface area contributed by atoms with Crippen LogP contribution in [0.15, 0.2) is 34.5 Å². The number of hydrogen-bond donors (Lipinski definition) is 3. The van der Waals surface area contributed by atoms with E-state index in [0.717, 1.165) is 42.7 Å². The van der Waals surface area contributed by atoms with E-state index in [4.69, 9.17) is 5.73 Å². The lowest BCUT2D eigenvalue weighted by Gasteiger charge is -2.43. The normalized spacial score (nSPS) is 34.3. The van der Waals surface area contributed by atoms with Gasteiger partial charge in [-0.05, 0) is 45.2 Å². The molecule has 7 nitrogen and oxygen atoms in total. The van der Waals surface area contributed by atoms with Crippen molar-refractivity contribution in [1.29, 1.82) is 0 Å². The van der Waals surface area contributed by atoms with Gasteiger partial charge in [-0.3, -0.25) is 15.1 Å². The topological polar surface area (TPSA) is 63.0 Å². The van der Waals surface area contributed by atoms with Gasteiger partial charge in [0.15, 0.2) is 6.04 Å². The second kappa shape index (κ2) is 8.18. The molecule has 0 amide bonds. The third kappa shape index (κ3) is 4.43. The fraction of sp³-hybridized carbons (Fsp3) is 0.700. The van der Waals surface area contributed by atoms with E-state index >= 15 is 0 Å². The first-order chi connectivity index (χ1) is 14.5. The van der Waals surface area contributed by atoms with E-state index in [1.165, 1.54) is 18.1 Å². The maximum absolute atomic E-state index is 13.7. The number of halogens is 3. The van der Waals surface area contributed by atoms with Crippen LogP contribution in [0.5, 0.6) is 0 Å². The van der Waals surface area contributed by atoms with Gasteiger partial charge in [0.1, 0.15) is 18.6 Å². The summed E-state index contributed by atoms with van der Waals surface area (Å²) >= 11 is 1.16. The number of nitrogens with one attached hydrogen (secondary N) is 2. The molecule has 2 fully saturated rings. The van der Waals surface area contributed by atoms with Crippen molar-refractivity contribution in [2.45, 2.75) is 56.1 Å². The minimum Gasteiger partial charge on any atom is -0.371 e. The number of piperidine rings is 1. The number of alkyl halides is 3. The fourth-order valence-corrected chi connectivity index (χ4v) is 5.95. The molecule has 0 aliphatic carbocycles. The van der Waals surface area contributed by atoms with Crippen molar-refractivity contribution < 1.29 is 13.2 Å². The molecule has 4 rings (SSSR count). The van der Waals surface area contributed by atoms with Crippen molar-refractivity contribution >= 4 is 11.8 Å². The zero-order valence-corrected chi connectivity index (χ0v) is 19.2. The van der Waals surface area contributed by atoms with Crippen LogP contribution >= 0.6 is 11.8 Å². The highest BCUT2D eigenvalue weighted by Crippen LogP contribution is 2.42. The Morgan fingerprint density at radius 2 is 1.87 bits per heavy atom. The Labute approximate surface area is 186 Å². The first-order valence-corrected chi connectivity index (χ1v) is 11.3. The van der Waals surface area contributed by atoms with Gasteiger partial charge in [0.05, 0.1) is 5.03 Å². The first-order valence-electron chi connectivity index (χ1n) is 10.5. The molecule has 4 N–H and O–H groups in total. The van der Waals surface area contributed by atoms with Gasteiger partial charge < -0.3 is 20.9 Å². The number of rotatable bonds is 3. The second-order valence-electron chi connectivity index (χ2n) is 9.17. The van der Waals surface area contributed by atoms with E-state index < -0.39 is 12.2 Å². The number of nitrogens with zero attached hydrogens (tertiary/aromatic N) is 4. The van der Waals surface area contributed by atoms with Crippen molar-refractivity contribution in [3.8, 4) is 0 Å². The van der Waals surface area contributed by atoms with Crippen molar-refractivity contribution in [2.75, 3.05) is 34.2 Å². The Bertz CT molecular complexity index is 771. The molecular formula is C20H32F3N7S. The van der Waals surface area contributed by atoms with Crippen LogP contribution in [-0.2, 0) is 0 Å². The van der Waals surface area contributed by atoms with Gasteiger partial charge in [-0.25, -0.2) is 0 Å². The second-order valence-corrected chi connectivity index (χ2v) is 10.3. The molecule has 174 valence electrons. The number of allylic oxidation sites excluding steroid dienone is 2. The molecule has 4 unspecified atom stereocenters. The quantitative estimate of drug-likeness (QED) is 0.589. The highest BCUT2D eigenvalue weighted by Gasteiger charge is 2.48. The molecule has 0 aromatic carbocycles. The van der Waals surface area contributed by atoms with E-state index in [2.05, 4.69) is 39.3 Å². The van der Waals surface area contributed by atoms with E-state index in [1.807, 2.05) is 13.2 Å². The van der Waals surface area contributed by atoms with Crippen LogP contribution in [0, 0.1) is 0 Å². The average molecular weight is 460 g/mol. The number of likely N-dealkylation sites (N-methyl/N-ethyl adjacent to an activating group) is 3. The van der Waals surface area contributed by atoms with Crippen LogP contribution in [0.3, 0.4) is 0 Å². The van der Waals surface area contributed by atoms with E-state index in [0.29, 0.717) is 0 Å². The lowest BCUT2D eigenvalue weighted by atomic mass is 9.91. The molecule has 4 heterocycles. The average Bonchev–Trinajstić information content (AvgIpc) is 3.00. The van der Waals surface area contributed by atoms with E-state index in [-0.39, 0.29) is 29.1 Å². The van der Waals surface area contributed by atoms with Gasteiger partial charge in [-0.2, -0.15) is 13.2 Å². The number of thioether (sulfide) groups is 1. The van der Waals surface area contributed by atoms with Crippen LogP contribution in [0.1, 0.15) is 19.8 Å². The maximum Gasteiger partial charge on any atom is 0.413 e. The molecule has 2 saturated heterocycles. The molecule has 0 bridgehead atoms. The third-order valence-corrected chi connectivity index (χ3v) is 7.85. The highest BCUT2D eigenvalue weighted by atomic mass is 32.2. The summed E-state index contributed by atoms with van der Waals surface area (Å²) in [6.07, 6.45) is 4.02. The molecular weight excluding hydrogens is 427 g/mol. The molecule has 4 aliphatic heterocycles. The monoisotopic (exact) mass is 459 g/mol. The van der Waals surface area contributed by atoms with E-state index in [9.17, 15) is 13.2 Å². The Hall–Kier alpha value is -1.40.